The lowest BCUT2D eigenvalue weighted by Crippen LogP contribution is -2.20. The highest BCUT2D eigenvalue weighted by Crippen LogP contribution is 2.31. The minimum Gasteiger partial charge on any atom is -0.489 e. The van der Waals surface area contributed by atoms with E-state index in [0.717, 1.165) is 53.3 Å². The van der Waals surface area contributed by atoms with Crippen molar-refractivity contribution in [3.63, 3.8) is 0 Å². The van der Waals surface area contributed by atoms with Crippen LogP contribution in [0.3, 0.4) is 0 Å². The predicted octanol–water partition coefficient (Wildman–Crippen LogP) is 7.91. The number of nitrogens with one attached hydrogen (secondary N) is 1. The fraction of sp³-hybridized carbons (Fsp3) is 0.342. The van der Waals surface area contributed by atoms with E-state index in [-0.39, 0.29) is 6.54 Å². The van der Waals surface area contributed by atoms with Crippen molar-refractivity contribution in [2.45, 2.75) is 53.5 Å². The summed E-state index contributed by atoms with van der Waals surface area (Å²) < 4.78 is 24.6. The van der Waals surface area contributed by atoms with Crippen LogP contribution in [0.4, 0.5) is 0 Å². The van der Waals surface area contributed by atoms with Gasteiger partial charge in [0.15, 0.2) is 23.0 Å². The molecule has 0 radical (unpaired) electrons. The molecule has 4 rings (SSSR count). The molecule has 0 bridgehead atoms. The molecular formula is C38H44N2O5. The van der Waals surface area contributed by atoms with Gasteiger partial charge in [-0.05, 0) is 71.3 Å². The van der Waals surface area contributed by atoms with Crippen LogP contribution in [0, 0.1) is 11.8 Å². The van der Waals surface area contributed by atoms with Crippen LogP contribution in [0.2, 0.25) is 0 Å². The van der Waals surface area contributed by atoms with Crippen molar-refractivity contribution in [2.24, 2.45) is 16.8 Å². The molecule has 0 aliphatic rings. The van der Waals surface area contributed by atoms with Gasteiger partial charge in [-0.3, -0.25) is 0 Å². The quantitative estimate of drug-likeness (QED) is 0.0662. The summed E-state index contributed by atoms with van der Waals surface area (Å²) in [7, 11) is 0. The Morgan fingerprint density at radius 1 is 0.644 bits per heavy atom. The lowest BCUT2D eigenvalue weighted by molar-refractivity contribution is 0.227. The normalized spacial score (nSPS) is 11.5. The summed E-state index contributed by atoms with van der Waals surface area (Å²) in [5.74, 6) is 3.58. The van der Waals surface area contributed by atoms with Gasteiger partial charge >= 0.3 is 0 Å². The second-order valence-corrected chi connectivity index (χ2v) is 11.6. The molecule has 1 atom stereocenters. The third-order valence-corrected chi connectivity index (χ3v) is 7.06. The molecule has 0 spiro atoms. The standard InChI is InChI=1S/C38H44N2O5/c1-29(2)24-42-35-16-14-33(20-37(35)44-26-31-10-6-4-7-11-31)22-39-19-18-30(3)25-43-36-17-15-34(23-40-28-41)21-38(36)45-27-32-12-8-5-9-13-32/h4-17,20-21,29-30,39H,18-19,22-27H2,1-3H3. The molecule has 0 aliphatic heterocycles. The maximum Gasteiger partial charge on any atom is 0.235 e. The maximum atomic E-state index is 10.6. The minimum absolute atomic E-state index is 0.252. The number of hydrogen-bond donors (Lipinski definition) is 1. The molecular weight excluding hydrogens is 564 g/mol. The molecule has 0 saturated heterocycles. The molecule has 4 aromatic rings. The number of rotatable bonds is 19. The summed E-state index contributed by atoms with van der Waals surface area (Å²) in [4.78, 5) is 14.3. The van der Waals surface area contributed by atoms with E-state index in [1.54, 1.807) is 6.08 Å². The Bertz CT molecular complexity index is 1490. The highest BCUT2D eigenvalue weighted by molar-refractivity contribution is 5.44. The first-order chi connectivity index (χ1) is 22.0. The Balaban J connectivity index is 1.27. The Morgan fingerprint density at radius 2 is 1.20 bits per heavy atom. The maximum absolute atomic E-state index is 10.6. The minimum atomic E-state index is 0.252. The van der Waals surface area contributed by atoms with E-state index in [1.807, 2.05) is 72.8 Å². The second-order valence-electron chi connectivity index (χ2n) is 11.6. The van der Waals surface area contributed by atoms with E-state index in [9.17, 15) is 4.79 Å². The number of hydrogen-bond acceptors (Lipinski definition) is 7. The monoisotopic (exact) mass is 608 g/mol. The van der Waals surface area contributed by atoms with E-state index >= 15 is 0 Å². The average Bonchev–Trinajstić information content (AvgIpc) is 3.07. The molecule has 45 heavy (non-hydrogen) atoms. The molecule has 0 aliphatic carbocycles. The van der Waals surface area contributed by atoms with Gasteiger partial charge in [0.05, 0.1) is 19.8 Å². The van der Waals surface area contributed by atoms with Crippen molar-refractivity contribution < 1.29 is 23.7 Å². The molecule has 0 aromatic heterocycles. The zero-order valence-corrected chi connectivity index (χ0v) is 26.5. The van der Waals surface area contributed by atoms with Gasteiger partial charge in [0.1, 0.15) is 13.2 Å². The number of nitrogens with zero attached hydrogens (tertiary/aromatic N) is 1. The molecule has 0 amide bonds. The Morgan fingerprint density at radius 3 is 1.78 bits per heavy atom. The number of carbonyl (C=O) groups excluding carboxylic acids is 1. The van der Waals surface area contributed by atoms with Crippen LogP contribution < -0.4 is 24.3 Å². The van der Waals surface area contributed by atoms with Crippen LogP contribution in [0.1, 0.15) is 49.4 Å². The van der Waals surface area contributed by atoms with Gasteiger partial charge < -0.3 is 24.3 Å². The average molecular weight is 609 g/mol. The highest BCUT2D eigenvalue weighted by Gasteiger charge is 2.12. The van der Waals surface area contributed by atoms with E-state index < -0.39 is 0 Å². The van der Waals surface area contributed by atoms with E-state index in [2.05, 4.69) is 55.3 Å². The predicted molar refractivity (Wildman–Crippen MR) is 178 cm³/mol. The van der Waals surface area contributed by atoms with Crippen molar-refractivity contribution in [3.05, 3.63) is 119 Å². The van der Waals surface area contributed by atoms with Gasteiger partial charge in [-0.25, -0.2) is 9.79 Å². The summed E-state index contributed by atoms with van der Waals surface area (Å²) in [5.41, 5.74) is 4.17. The zero-order chi connectivity index (χ0) is 31.7. The Hall–Kier alpha value is -4.58. The highest BCUT2D eigenvalue weighted by atomic mass is 16.5. The van der Waals surface area contributed by atoms with Crippen LogP contribution in [-0.4, -0.2) is 25.8 Å². The molecule has 7 nitrogen and oxygen atoms in total. The van der Waals surface area contributed by atoms with E-state index in [0.29, 0.717) is 49.8 Å². The molecule has 7 heteroatoms. The smallest absolute Gasteiger partial charge is 0.235 e. The first-order valence-corrected chi connectivity index (χ1v) is 15.6. The van der Waals surface area contributed by atoms with Crippen LogP contribution >= 0.6 is 0 Å². The summed E-state index contributed by atoms with van der Waals surface area (Å²) in [6, 6.07) is 32.0. The summed E-state index contributed by atoms with van der Waals surface area (Å²) in [6.45, 7) is 10.4. The van der Waals surface area contributed by atoms with Crippen LogP contribution in [0.25, 0.3) is 0 Å². The molecule has 236 valence electrons. The molecule has 0 heterocycles. The van der Waals surface area contributed by atoms with Crippen molar-refractivity contribution in [2.75, 3.05) is 19.8 Å². The summed E-state index contributed by atoms with van der Waals surface area (Å²) in [5, 5.41) is 3.56. The Labute approximate surface area is 267 Å². The van der Waals surface area contributed by atoms with Crippen molar-refractivity contribution in [3.8, 4) is 23.0 Å². The van der Waals surface area contributed by atoms with Gasteiger partial charge in [-0.1, -0.05) is 93.6 Å². The van der Waals surface area contributed by atoms with E-state index in [1.165, 1.54) is 0 Å². The number of aliphatic imine (C=N–C) groups is 1. The van der Waals surface area contributed by atoms with Crippen molar-refractivity contribution in [1.82, 2.24) is 5.32 Å². The first kappa shape index (κ1) is 33.3. The van der Waals surface area contributed by atoms with Gasteiger partial charge in [0, 0.05) is 6.54 Å². The largest absolute Gasteiger partial charge is 0.489 e. The Kier molecular flexibility index (Phi) is 13.5. The van der Waals surface area contributed by atoms with Gasteiger partial charge in [0.25, 0.3) is 0 Å². The van der Waals surface area contributed by atoms with Crippen molar-refractivity contribution >= 4 is 6.08 Å². The second kappa shape index (κ2) is 18.3. The third-order valence-electron chi connectivity index (χ3n) is 7.06. The lowest BCUT2D eigenvalue weighted by atomic mass is 10.1. The zero-order valence-electron chi connectivity index (χ0n) is 26.5. The van der Waals surface area contributed by atoms with Crippen LogP contribution in [-0.2, 0) is 31.1 Å². The molecule has 0 saturated carbocycles. The lowest BCUT2D eigenvalue weighted by Gasteiger charge is -2.17. The van der Waals surface area contributed by atoms with Gasteiger partial charge in [-0.15, -0.1) is 0 Å². The molecule has 0 fully saturated rings. The molecule has 1 N–H and O–H groups in total. The fourth-order valence-corrected chi connectivity index (χ4v) is 4.52. The van der Waals surface area contributed by atoms with Gasteiger partial charge in [-0.2, -0.15) is 0 Å². The van der Waals surface area contributed by atoms with Gasteiger partial charge in [0.2, 0.25) is 6.08 Å². The number of benzene rings is 4. The van der Waals surface area contributed by atoms with Crippen molar-refractivity contribution in [1.29, 1.82) is 0 Å². The van der Waals surface area contributed by atoms with Crippen LogP contribution in [0.15, 0.2) is 102 Å². The molecule has 4 aromatic carbocycles. The first-order valence-electron chi connectivity index (χ1n) is 15.6. The van der Waals surface area contributed by atoms with Crippen LogP contribution in [0.5, 0.6) is 23.0 Å². The molecule has 1 unspecified atom stereocenters. The number of ether oxygens (including phenoxy) is 4. The van der Waals surface area contributed by atoms with E-state index in [4.69, 9.17) is 18.9 Å². The summed E-state index contributed by atoms with van der Waals surface area (Å²) >= 11 is 0. The fourth-order valence-electron chi connectivity index (χ4n) is 4.52. The topological polar surface area (TPSA) is 78.4 Å². The third kappa shape index (κ3) is 11.8. The summed E-state index contributed by atoms with van der Waals surface area (Å²) in [6.07, 6.45) is 2.54. The SMILES string of the molecule is CC(C)COc1ccc(CNCCC(C)COc2ccc(CN=C=O)cc2OCc2ccccc2)cc1OCc1ccccc1. The number of isocyanates is 1.